The van der Waals surface area contributed by atoms with Crippen LogP contribution >= 0.6 is 11.6 Å². The third-order valence-electron chi connectivity index (χ3n) is 2.14. The van der Waals surface area contributed by atoms with Crippen LogP contribution in [0.4, 0.5) is 5.69 Å². The second kappa shape index (κ2) is 4.93. The monoisotopic (exact) mass is 263 g/mol. The summed E-state index contributed by atoms with van der Waals surface area (Å²) in [5.74, 6) is 0.550. The van der Waals surface area contributed by atoms with Gasteiger partial charge in [0.25, 0.3) is 0 Å². The lowest BCUT2D eigenvalue weighted by Gasteiger charge is -2.11. The van der Waals surface area contributed by atoms with Crippen LogP contribution in [-0.4, -0.2) is 21.3 Å². The molecule has 0 aliphatic rings. The molecule has 16 heavy (non-hydrogen) atoms. The first kappa shape index (κ1) is 13.1. The Morgan fingerprint density at radius 1 is 1.44 bits per heavy atom. The van der Waals surface area contributed by atoms with Gasteiger partial charge in [0.1, 0.15) is 5.75 Å². The van der Waals surface area contributed by atoms with Crippen molar-refractivity contribution in [2.75, 3.05) is 17.6 Å². The number of benzene rings is 1. The number of nitrogens with one attached hydrogen (secondary N) is 1. The zero-order valence-electron chi connectivity index (χ0n) is 9.37. The maximum absolute atomic E-state index is 11.4. The predicted octanol–water partition coefficient (Wildman–Crippen LogP) is 2.42. The van der Waals surface area contributed by atoms with Crippen molar-refractivity contribution in [3.8, 4) is 5.75 Å². The lowest BCUT2D eigenvalue weighted by molar-refractivity contribution is 0.415. The average Bonchev–Trinajstić information content (AvgIpc) is 2.22. The van der Waals surface area contributed by atoms with Gasteiger partial charge in [0, 0.05) is 0 Å². The molecule has 1 rings (SSSR count). The second-order valence-electron chi connectivity index (χ2n) is 3.31. The molecule has 0 bridgehead atoms. The van der Waals surface area contributed by atoms with Crippen LogP contribution in [0, 0.1) is 6.92 Å². The van der Waals surface area contributed by atoms with Crippen LogP contribution in [0.3, 0.4) is 0 Å². The molecule has 0 amide bonds. The van der Waals surface area contributed by atoms with Crippen LogP contribution in [0.2, 0.25) is 5.02 Å². The summed E-state index contributed by atoms with van der Waals surface area (Å²) < 4.78 is 30.3. The van der Waals surface area contributed by atoms with Gasteiger partial charge in [-0.2, -0.15) is 0 Å². The van der Waals surface area contributed by atoms with Crippen LogP contribution in [0.25, 0.3) is 0 Å². The Kier molecular flexibility index (Phi) is 4.04. The molecule has 0 saturated carbocycles. The fourth-order valence-corrected chi connectivity index (χ4v) is 2.10. The Labute approximate surface area is 101 Å². The largest absolute Gasteiger partial charge is 0.495 e. The van der Waals surface area contributed by atoms with E-state index >= 15 is 0 Å². The molecule has 90 valence electrons. The molecule has 0 radical (unpaired) electrons. The zero-order valence-corrected chi connectivity index (χ0v) is 10.9. The standard InChI is InChI=1S/C10H14ClNO3S/c1-4-16(13,14)12-9-6-8(11)10(15-3)5-7(9)2/h5-6,12H,4H2,1-3H3. The summed E-state index contributed by atoms with van der Waals surface area (Å²) in [7, 11) is -1.77. The third kappa shape index (κ3) is 3.02. The van der Waals surface area contributed by atoms with E-state index in [9.17, 15) is 8.42 Å². The van der Waals surface area contributed by atoms with Crippen LogP contribution in [0.5, 0.6) is 5.75 Å². The van der Waals surface area contributed by atoms with Crippen LogP contribution < -0.4 is 9.46 Å². The second-order valence-corrected chi connectivity index (χ2v) is 5.73. The van der Waals surface area contributed by atoms with E-state index in [4.69, 9.17) is 16.3 Å². The van der Waals surface area contributed by atoms with Gasteiger partial charge in [0.2, 0.25) is 10.0 Å². The molecule has 0 aliphatic carbocycles. The van der Waals surface area contributed by atoms with E-state index < -0.39 is 10.0 Å². The van der Waals surface area contributed by atoms with Crippen molar-refractivity contribution in [3.63, 3.8) is 0 Å². The first-order valence-corrected chi connectivity index (χ1v) is 6.77. The lowest BCUT2D eigenvalue weighted by Crippen LogP contribution is -2.15. The van der Waals surface area contributed by atoms with E-state index in [0.717, 1.165) is 5.56 Å². The molecule has 0 fully saturated rings. The number of hydrogen-bond donors (Lipinski definition) is 1. The molecule has 0 saturated heterocycles. The summed E-state index contributed by atoms with van der Waals surface area (Å²) in [5, 5.41) is 0.377. The van der Waals surface area contributed by atoms with E-state index in [0.29, 0.717) is 16.5 Å². The highest BCUT2D eigenvalue weighted by molar-refractivity contribution is 7.92. The van der Waals surface area contributed by atoms with Gasteiger partial charge in [-0.25, -0.2) is 8.42 Å². The van der Waals surface area contributed by atoms with Crippen molar-refractivity contribution in [2.45, 2.75) is 13.8 Å². The van der Waals surface area contributed by atoms with Crippen molar-refractivity contribution in [1.82, 2.24) is 0 Å². The van der Waals surface area contributed by atoms with Crippen LogP contribution in [-0.2, 0) is 10.0 Å². The van der Waals surface area contributed by atoms with Crippen molar-refractivity contribution < 1.29 is 13.2 Å². The number of hydrogen-bond acceptors (Lipinski definition) is 3. The molecule has 0 aliphatic heterocycles. The minimum Gasteiger partial charge on any atom is -0.495 e. The number of ether oxygens (including phenoxy) is 1. The quantitative estimate of drug-likeness (QED) is 0.908. The maximum atomic E-state index is 11.4. The summed E-state index contributed by atoms with van der Waals surface area (Å²) in [4.78, 5) is 0. The Bertz CT molecular complexity index is 485. The fraction of sp³-hybridized carbons (Fsp3) is 0.400. The number of methoxy groups -OCH3 is 1. The Hall–Kier alpha value is -0.940. The van der Waals surface area contributed by atoms with Gasteiger partial charge in [0.05, 0.1) is 23.6 Å². The van der Waals surface area contributed by atoms with Crippen molar-refractivity contribution in [2.24, 2.45) is 0 Å². The average molecular weight is 264 g/mol. The maximum Gasteiger partial charge on any atom is 0.232 e. The number of sulfonamides is 1. The molecule has 0 aromatic heterocycles. The molecule has 0 unspecified atom stereocenters. The predicted molar refractivity (Wildman–Crippen MR) is 65.8 cm³/mol. The van der Waals surface area contributed by atoms with E-state index in [1.165, 1.54) is 7.11 Å². The Balaban J connectivity index is 3.12. The molecule has 0 spiro atoms. The van der Waals surface area contributed by atoms with Crippen LogP contribution in [0.15, 0.2) is 12.1 Å². The molecule has 1 aromatic carbocycles. The summed E-state index contributed by atoms with van der Waals surface area (Å²) in [6.45, 7) is 3.36. The van der Waals surface area contributed by atoms with Crippen molar-refractivity contribution in [1.29, 1.82) is 0 Å². The minimum atomic E-state index is -3.28. The molecule has 1 N–H and O–H groups in total. The van der Waals surface area contributed by atoms with Gasteiger partial charge in [0.15, 0.2) is 0 Å². The molecule has 0 atom stereocenters. The molecule has 1 aromatic rings. The van der Waals surface area contributed by atoms with E-state index in [2.05, 4.69) is 4.72 Å². The topological polar surface area (TPSA) is 55.4 Å². The molecule has 4 nitrogen and oxygen atoms in total. The van der Waals surface area contributed by atoms with Gasteiger partial charge in [-0.3, -0.25) is 4.72 Å². The number of rotatable bonds is 4. The number of halogens is 1. The molecular formula is C10H14ClNO3S. The Morgan fingerprint density at radius 3 is 2.56 bits per heavy atom. The first-order chi connectivity index (χ1) is 7.39. The highest BCUT2D eigenvalue weighted by Gasteiger charge is 2.11. The highest BCUT2D eigenvalue weighted by Crippen LogP contribution is 2.30. The lowest BCUT2D eigenvalue weighted by atomic mass is 10.2. The summed E-state index contributed by atoms with van der Waals surface area (Å²) in [5.41, 5.74) is 1.24. The number of anilines is 1. The minimum absolute atomic E-state index is 0.0239. The summed E-state index contributed by atoms with van der Waals surface area (Å²) in [6.07, 6.45) is 0. The molecule has 6 heteroatoms. The van der Waals surface area contributed by atoms with E-state index in [1.54, 1.807) is 26.0 Å². The van der Waals surface area contributed by atoms with Gasteiger partial charge in [-0.05, 0) is 31.5 Å². The van der Waals surface area contributed by atoms with E-state index in [1.807, 2.05) is 0 Å². The smallest absolute Gasteiger partial charge is 0.232 e. The highest BCUT2D eigenvalue weighted by atomic mass is 35.5. The summed E-state index contributed by atoms with van der Waals surface area (Å²) >= 11 is 5.91. The SMILES string of the molecule is CCS(=O)(=O)Nc1cc(Cl)c(OC)cc1C. The fourth-order valence-electron chi connectivity index (χ4n) is 1.16. The normalized spacial score (nSPS) is 11.2. The summed E-state index contributed by atoms with van der Waals surface area (Å²) in [6, 6.07) is 3.23. The number of aryl methyl sites for hydroxylation is 1. The van der Waals surface area contributed by atoms with Gasteiger partial charge < -0.3 is 4.74 Å². The molecule has 0 heterocycles. The van der Waals surface area contributed by atoms with Gasteiger partial charge in [-0.15, -0.1) is 0 Å². The van der Waals surface area contributed by atoms with Gasteiger partial charge in [-0.1, -0.05) is 11.6 Å². The van der Waals surface area contributed by atoms with Crippen LogP contribution in [0.1, 0.15) is 12.5 Å². The van der Waals surface area contributed by atoms with E-state index in [-0.39, 0.29) is 5.75 Å². The van der Waals surface area contributed by atoms with Crippen molar-refractivity contribution in [3.05, 3.63) is 22.7 Å². The Morgan fingerprint density at radius 2 is 2.06 bits per heavy atom. The third-order valence-corrected chi connectivity index (χ3v) is 3.73. The first-order valence-electron chi connectivity index (χ1n) is 4.74. The zero-order chi connectivity index (χ0) is 12.3. The van der Waals surface area contributed by atoms with Crippen molar-refractivity contribution >= 4 is 27.3 Å². The molecular weight excluding hydrogens is 250 g/mol. The van der Waals surface area contributed by atoms with Gasteiger partial charge >= 0.3 is 0 Å².